The Hall–Kier alpha value is -1.74. The molecule has 2 heterocycles. The van der Waals surface area contributed by atoms with E-state index in [2.05, 4.69) is 30.9 Å². The number of nitrogens with two attached hydrogens (primary N) is 1. The number of nitrogens with one attached hydrogen (secondary N) is 1. The van der Waals surface area contributed by atoms with Crippen LogP contribution in [0.2, 0.25) is 0 Å². The summed E-state index contributed by atoms with van der Waals surface area (Å²) in [6.45, 7) is 0. The lowest BCUT2D eigenvalue weighted by Gasteiger charge is -2.10. The standard InChI is InChI=1S/C10H14N8S/c11-14-9-12-6-5-8(13-9)19-10-15-16-17-18(10)7-3-1-2-4-7/h5-7H,1-4,11H2,(H,12,13,14). The fourth-order valence-electron chi connectivity index (χ4n) is 2.19. The molecule has 2 aromatic heterocycles. The van der Waals surface area contributed by atoms with Crippen LogP contribution in [0.1, 0.15) is 31.7 Å². The summed E-state index contributed by atoms with van der Waals surface area (Å²) >= 11 is 1.42. The van der Waals surface area contributed by atoms with Crippen molar-refractivity contribution in [1.82, 2.24) is 30.2 Å². The molecule has 1 aliphatic carbocycles. The molecule has 1 aliphatic rings. The average Bonchev–Trinajstić information content (AvgIpc) is 3.09. The summed E-state index contributed by atoms with van der Waals surface area (Å²) in [5.41, 5.74) is 2.42. The van der Waals surface area contributed by atoms with Crippen LogP contribution < -0.4 is 11.3 Å². The van der Waals surface area contributed by atoms with Crippen molar-refractivity contribution in [1.29, 1.82) is 0 Å². The number of nitrogen functional groups attached to an aromatic ring is 1. The third-order valence-electron chi connectivity index (χ3n) is 3.09. The van der Waals surface area contributed by atoms with Crippen LogP contribution in [-0.4, -0.2) is 30.2 Å². The van der Waals surface area contributed by atoms with Crippen molar-refractivity contribution in [2.45, 2.75) is 41.9 Å². The molecule has 0 unspecified atom stereocenters. The van der Waals surface area contributed by atoms with Crippen LogP contribution in [-0.2, 0) is 0 Å². The van der Waals surface area contributed by atoms with Crippen LogP contribution in [0.5, 0.6) is 0 Å². The minimum atomic E-state index is 0.380. The summed E-state index contributed by atoms with van der Waals surface area (Å²) in [6, 6.07) is 2.21. The molecule has 19 heavy (non-hydrogen) atoms. The van der Waals surface area contributed by atoms with Gasteiger partial charge in [-0.3, -0.25) is 5.43 Å². The minimum absolute atomic E-state index is 0.380. The topological polar surface area (TPSA) is 107 Å². The molecule has 0 atom stereocenters. The smallest absolute Gasteiger partial charge is 0.238 e. The Morgan fingerprint density at radius 2 is 2.21 bits per heavy atom. The zero-order chi connectivity index (χ0) is 13.1. The molecule has 0 bridgehead atoms. The first-order valence-corrected chi connectivity index (χ1v) is 6.94. The Morgan fingerprint density at radius 3 is 3.00 bits per heavy atom. The van der Waals surface area contributed by atoms with Crippen molar-refractivity contribution in [3.8, 4) is 0 Å². The fraction of sp³-hybridized carbons (Fsp3) is 0.500. The van der Waals surface area contributed by atoms with Crippen molar-refractivity contribution in [3.63, 3.8) is 0 Å². The predicted octanol–water partition coefficient (Wildman–Crippen LogP) is 1.01. The maximum atomic E-state index is 5.29. The zero-order valence-corrected chi connectivity index (χ0v) is 11.0. The second-order valence-corrected chi connectivity index (χ2v) is 5.30. The molecule has 3 rings (SSSR count). The van der Waals surface area contributed by atoms with Crippen LogP contribution in [0, 0.1) is 0 Å². The van der Waals surface area contributed by atoms with Crippen molar-refractivity contribution in [2.75, 3.05) is 5.43 Å². The van der Waals surface area contributed by atoms with Gasteiger partial charge >= 0.3 is 0 Å². The molecule has 0 radical (unpaired) electrons. The number of hydrazine groups is 1. The van der Waals surface area contributed by atoms with Crippen molar-refractivity contribution < 1.29 is 0 Å². The summed E-state index contributed by atoms with van der Waals surface area (Å²) in [6.07, 6.45) is 6.40. The van der Waals surface area contributed by atoms with E-state index in [1.54, 1.807) is 12.3 Å². The third kappa shape index (κ3) is 2.66. The molecule has 8 nitrogen and oxygen atoms in total. The lowest BCUT2D eigenvalue weighted by atomic mass is 10.3. The molecule has 3 N–H and O–H groups in total. The van der Waals surface area contributed by atoms with Gasteiger partial charge in [-0.05, 0) is 41.1 Å². The quantitative estimate of drug-likeness (QED) is 0.485. The van der Waals surface area contributed by atoms with E-state index in [0.717, 1.165) is 23.0 Å². The maximum Gasteiger partial charge on any atom is 0.238 e. The molecular weight excluding hydrogens is 264 g/mol. The highest BCUT2D eigenvalue weighted by atomic mass is 32.2. The van der Waals surface area contributed by atoms with Gasteiger partial charge in [-0.25, -0.2) is 20.5 Å². The first-order valence-electron chi connectivity index (χ1n) is 6.12. The number of rotatable bonds is 4. The summed E-state index contributed by atoms with van der Waals surface area (Å²) in [7, 11) is 0. The van der Waals surface area contributed by atoms with Gasteiger partial charge in [0.2, 0.25) is 11.1 Å². The fourth-order valence-corrected chi connectivity index (χ4v) is 3.00. The third-order valence-corrected chi connectivity index (χ3v) is 3.98. The number of aromatic nitrogens is 6. The SMILES string of the molecule is NNc1nccc(Sc2nnnn2C2CCCC2)n1. The molecule has 0 spiro atoms. The minimum Gasteiger partial charge on any atom is -0.292 e. The van der Waals surface area contributed by atoms with E-state index in [1.165, 1.54) is 24.6 Å². The molecule has 9 heteroatoms. The summed E-state index contributed by atoms with van der Waals surface area (Å²) in [5.74, 6) is 5.67. The molecule has 0 aliphatic heterocycles. The normalized spacial score (nSPS) is 15.8. The summed E-state index contributed by atoms with van der Waals surface area (Å²) in [5, 5.41) is 13.4. The van der Waals surface area contributed by atoms with Gasteiger partial charge in [-0.15, -0.1) is 5.10 Å². The first kappa shape index (κ1) is 12.3. The van der Waals surface area contributed by atoms with Crippen molar-refractivity contribution in [2.24, 2.45) is 5.84 Å². The van der Waals surface area contributed by atoms with Gasteiger partial charge in [-0.1, -0.05) is 12.8 Å². The Kier molecular flexibility index (Phi) is 3.56. The van der Waals surface area contributed by atoms with Crippen LogP contribution in [0.25, 0.3) is 0 Å². The highest BCUT2D eigenvalue weighted by molar-refractivity contribution is 7.99. The molecule has 0 amide bonds. The van der Waals surface area contributed by atoms with Gasteiger partial charge in [-0.2, -0.15) is 0 Å². The van der Waals surface area contributed by atoms with Crippen LogP contribution in [0.4, 0.5) is 5.95 Å². The number of hydrogen-bond donors (Lipinski definition) is 2. The van der Waals surface area contributed by atoms with Crippen LogP contribution in [0.3, 0.4) is 0 Å². The van der Waals surface area contributed by atoms with E-state index in [9.17, 15) is 0 Å². The lowest BCUT2D eigenvalue weighted by molar-refractivity contribution is 0.423. The van der Waals surface area contributed by atoms with Gasteiger partial charge in [0.15, 0.2) is 0 Å². The Bertz CT molecular complexity index is 550. The van der Waals surface area contributed by atoms with E-state index >= 15 is 0 Å². The van der Waals surface area contributed by atoms with Gasteiger partial charge < -0.3 is 0 Å². The number of hydrogen-bond acceptors (Lipinski definition) is 8. The largest absolute Gasteiger partial charge is 0.292 e. The zero-order valence-electron chi connectivity index (χ0n) is 10.2. The van der Waals surface area contributed by atoms with E-state index in [0.29, 0.717) is 12.0 Å². The first-order chi connectivity index (χ1) is 9.36. The monoisotopic (exact) mass is 278 g/mol. The molecule has 1 saturated carbocycles. The average molecular weight is 278 g/mol. The summed E-state index contributed by atoms with van der Waals surface area (Å²) < 4.78 is 1.90. The van der Waals surface area contributed by atoms with E-state index < -0.39 is 0 Å². The molecule has 100 valence electrons. The van der Waals surface area contributed by atoms with E-state index in [4.69, 9.17) is 5.84 Å². The Balaban J connectivity index is 1.81. The number of nitrogens with zero attached hydrogens (tertiary/aromatic N) is 6. The molecule has 0 aromatic carbocycles. The predicted molar refractivity (Wildman–Crippen MR) is 69.3 cm³/mol. The van der Waals surface area contributed by atoms with Crippen molar-refractivity contribution >= 4 is 17.7 Å². The van der Waals surface area contributed by atoms with Gasteiger partial charge in [0.25, 0.3) is 0 Å². The maximum absolute atomic E-state index is 5.29. The van der Waals surface area contributed by atoms with Crippen LogP contribution in [0.15, 0.2) is 22.4 Å². The highest BCUT2D eigenvalue weighted by Crippen LogP contribution is 2.33. The van der Waals surface area contributed by atoms with E-state index in [-0.39, 0.29) is 0 Å². The van der Waals surface area contributed by atoms with Gasteiger partial charge in [0, 0.05) is 6.20 Å². The highest BCUT2D eigenvalue weighted by Gasteiger charge is 2.22. The molecular formula is C10H14N8S. The van der Waals surface area contributed by atoms with E-state index in [1.807, 2.05) is 4.68 Å². The van der Waals surface area contributed by atoms with Gasteiger partial charge in [0.1, 0.15) is 5.03 Å². The second kappa shape index (κ2) is 5.49. The Morgan fingerprint density at radius 1 is 1.37 bits per heavy atom. The van der Waals surface area contributed by atoms with Gasteiger partial charge in [0.05, 0.1) is 6.04 Å². The molecule has 1 fully saturated rings. The molecule has 0 saturated heterocycles. The number of tetrazole rings is 1. The van der Waals surface area contributed by atoms with Crippen LogP contribution >= 0.6 is 11.8 Å². The van der Waals surface area contributed by atoms with Crippen molar-refractivity contribution in [3.05, 3.63) is 12.3 Å². The molecule has 2 aromatic rings. The lowest BCUT2D eigenvalue weighted by Crippen LogP contribution is -2.11. The Labute approximate surface area is 114 Å². The summed E-state index contributed by atoms with van der Waals surface area (Å²) in [4.78, 5) is 8.21. The second-order valence-electron chi connectivity index (χ2n) is 4.31. The number of anilines is 1.